The van der Waals surface area contributed by atoms with Crippen molar-refractivity contribution < 1.29 is 57.2 Å². The maximum atomic E-state index is 15.8. The number of amides is 11. The summed E-state index contributed by atoms with van der Waals surface area (Å²) >= 11 is 0. The van der Waals surface area contributed by atoms with Crippen molar-refractivity contribution in [3.8, 4) is 0 Å². The lowest BCUT2D eigenvalue weighted by Gasteiger charge is -2.46. The van der Waals surface area contributed by atoms with E-state index in [0.29, 0.717) is 6.42 Å². The molecule has 23 nitrogen and oxygen atoms in total. The molecule has 1 rings (SSSR count). The van der Waals surface area contributed by atoms with Crippen LogP contribution in [0.4, 0.5) is 0 Å². The smallest absolute Gasteiger partial charge is 0.246 e. The van der Waals surface area contributed by atoms with E-state index in [0.717, 1.165) is 0 Å². The third-order valence-electron chi connectivity index (χ3n) is 19.0. The first-order valence-electron chi connectivity index (χ1n) is 34.5. The van der Waals surface area contributed by atoms with Crippen molar-refractivity contribution in [2.75, 3.05) is 49.3 Å². The van der Waals surface area contributed by atoms with Gasteiger partial charge in [-0.05, 0) is 125 Å². The average molecular weight is 1340 g/mol. The van der Waals surface area contributed by atoms with Gasteiger partial charge in [0.15, 0.2) is 8.32 Å². The van der Waals surface area contributed by atoms with Crippen LogP contribution in [0.25, 0.3) is 0 Å². The summed E-state index contributed by atoms with van der Waals surface area (Å²) in [5.41, 5.74) is 0. The number of carbonyl (C=O) groups excluding carboxylic acids is 11. The molecule has 0 radical (unpaired) electrons. The maximum Gasteiger partial charge on any atom is 0.246 e. The second-order valence-electron chi connectivity index (χ2n) is 30.6. The number of rotatable bonds is 18. The average Bonchev–Trinajstić information content (AvgIpc) is 0.816. The minimum absolute atomic E-state index is 0.0587. The topological polar surface area (TPSA) is 268 Å². The second kappa shape index (κ2) is 37.6. The lowest BCUT2D eigenvalue weighted by molar-refractivity contribution is -0.157. The summed E-state index contributed by atoms with van der Waals surface area (Å²) in [7, 11) is 7.56. The van der Waals surface area contributed by atoms with Gasteiger partial charge in [0.1, 0.15) is 66.5 Å². The van der Waals surface area contributed by atoms with Crippen LogP contribution in [0.1, 0.15) is 190 Å². The zero-order chi connectivity index (χ0) is 73.3. The van der Waals surface area contributed by atoms with Gasteiger partial charge in [-0.2, -0.15) is 0 Å². The van der Waals surface area contributed by atoms with Gasteiger partial charge in [-0.1, -0.05) is 137 Å². The van der Waals surface area contributed by atoms with E-state index < -0.39 is 164 Å². The molecule has 0 aromatic heterocycles. The highest BCUT2D eigenvalue weighted by Gasteiger charge is 2.50. The van der Waals surface area contributed by atoms with Crippen LogP contribution in [-0.2, 0) is 57.2 Å². The van der Waals surface area contributed by atoms with E-state index in [1.165, 1.54) is 97.5 Å². The van der Waals surface area contributed by atoms with Crippen LogP contribution >= 0.6 is 0 Å². The van der Waals surface area contributed by atoms with Crippen LogP contribution in [-0.4, -0.2) is 229 Å². The van der Waals surface area contributed by atoms with E-state index in [1.54, 1.807) is 41.5 Å². The summed E-state index contributed by atoms with van der Waals surface area (Å²) in [5.74, 6) is -8.95. The molecule has 0 aromatic carbocycles. The molecule has 1 saturated heterocycles. The van der Waals surface area contributed by atoms with Gasteiger partial charge in [-0.15, -0.1) is 0 Å². The zero-order valence-corrected chi connectivity index (χ0v) is 64.6. The Morgan fingerprint density at radius 2 is 0.819 bits per heavy atom. The molecule has 0 bridgehead atoms. The molecule has 11 amide bonds. The third kappa shape index (κ3) is 23.1. The quantitative estimate of drug-likeness (QED) is 0.0793. The summed E-state index contributed by atoms with van der Waals surface area (Å²) in [4.78, 5) is 174. The van der Waals surface area contributed by atoms with Crippen LogP contribution in [0, 0.1) is 41.4 Å². The van der Waals surface area contributed by atoms with Crippen LogP contribution in [0.5, 0.6) is 0 Å². The number of hydrogen-bond acceptors (Lipinski definition) is 12. The molecule has 13 atom stereocenters. The molecule has 24 heteroatoms. The molecule has 4 N–H and O–H groups in total. The van der Waals surface area contributed by atoms with E-state index in [1.807, 2.05) is 81.4 Å². The summed E-state index contributed by atoms with van der Waals surface area (Å²) in [5, 5.41) is 11.0. The number of nitrogens with one attached hydrogen (secondary N) is 4. The Balaban J connectivity index is 4.65. The van der Waals surface area contributed by atoms with Gasteiger partial charge < -0.3 is 60.0 Å². The first kappa shape index (κ1) is 86.1. The van der Waals surface area contributed by atoms with Crippen molar-refractivity contribution in [3.05, 3.63) is 12.2 Å². The minimum atomic E-state index is -2.82. The van der Waals surface area contributed by atoms with Gasteiger partial charge in [-0.3, -0.25) is 52.7 Å². The molecule has 94 heavy (non-hydrogen) atoms. The first-order valence-corrected chi connectivity index (χ1v) is 37.4. The fourth-order valence-corrected chi connectivity index (χ4v) is 13.3. The predicted molar refractivity (Wildman–Crippen MR) is 374 cm³/mol. The second-order valence-corrected chi connectivity index (χ2v) is 35.3. The number of carbonyl (C=O) groups is 11. The van der Waals surface area contributed by atoms with Crippen LogP contribution in [0.15, 0.2) is 12.2 Å². The fraction of sp³-hybridized carbons (Fsp3) is 0.814. The highest BCUT2D eigenvalue weighted by Crippen LogP contribution is 2.40. The van der Waals surface area contributed by atoms with Crippen molar-refractivity contribution in [1.82, 2.24) is 55.6 Å². The lowest BCUT2D eigenvalue weighted by atomic mass is 9.91. The largest absolute Gasteiger partial charge is 0.411 e. The van der Waals surface area contributed by atoms with Crippen LogP contribution in [0.3, 0.4) is 0 Å². The van der Waals surface area contributed by atoms with Gasteiger partial charge in [-0.25, -0.2) is 0 Å². The molecule has 1 aliphatic rings. The van der Waals surface area contributed by atoms with Crippen LogP contribution in [0.2, 0.25) is 18.1 Å². The zero-order valence-electron chi connectivity index (χ0n) is 63.6. The Kier molecular flexibility index (Phi) is 34.4. The molecule has 1 aliphatic heterocycles. The molecule has 540 valence electrons. The highest BCUT2D eigenvalue weighted by atomic mass is 28.4. The fourth-order valence-electron chi connectivity index (χ4n) is 11.9. The third-order valence-corrected chi connectivity index (χ3v) is 23.4. The number of allylic oxidation sites excluding steroid dienone is 2. The SMILES string of the molecule is C/C=C/C[C@@H](C)[C@H](O[Si](C)(C)C(C)(C)C)[C@@H]1C(=O)N[C@H](CC)C(=O)N(C)[C@H](CC)C(=O)N(C)[C@@H](CC(C)C)C(=O)N[C@H](C(C)C)C(=O)N(C)[C@H](CC(C)C)C(=O)N[C@H](C)C(=O)N[C@H](C)C(=O)N(C)[C@H](CC(C)C)C(=O)N(C)[C@H](CC(C)C)C(=O)N(C)[C@H](C(C)C)C(=O)N1C. The van der Waals surface area contributed by atoms with Crippen molar-refractivity contribution in [2.45, 2.75) is 281 Å². The number of likely N-dealkylation sites (N-methyl/N-ethyl adjacent to an activating group) is 7. The summed E-state index contributed by atoms with van der Waals surface area (Å²) in [6.45, 7) is 42.7. The monoisotopic (exact) mass is 1340 g/mol. The molecular formula is C70H129N11O12Si. The minimum Gasteiger partial charge on any atom is -0.411 e. The van der Waals surface area contributed by atoms with E-state index >= 15 is 28.8 Å². The molecule has 0 spiro atoms. The van der Waals surface area contributed by atoms with E-state index in [9.17, 15) is 24.0 Å². The van der Waals surface area contributed by atoms with Gasteiger partial charge in [0, 0.05) is 49.3 Å². The molecular weight excluding hydrogens is 1210 g/mol. The Labute approximate surface area is 567 Å². The van der Waals surface area contributed by atoms with E-state index in [2.05, 4.69) is 55.1 Å². The van der Waals surface area contributed by atoms with Gasteiger partial charge >= 0.3 is 0 Å². The van der Waals surface area contributed by atoms with Crippen LogP contribution < -0.4 is 21.3 Å². The standard InChI is InChI=1S/C70H129N11O12Si/c1-31-34-35-46(16)58(93-94(29,30)70(19,20)21)57-62(85)73-49(32-2)64(87)75(22)50(33-3)65(88)76(23)52(37-41(6)7)61(84)74-55(44(12)13)68(91)77(24)51(36-40(4)5)60(83)71-47(17)59(82)72-48(18)63(86)78(25)53(38-42(8)9)66(89)79(26)54(39-43(10)11)67(90)80(27)56(45(14)15)69(92)81(57)28/h31,34,40-58H,32-33,35-39H2,1-30H3,(H,71,83)(H,72,82)(H,73,85)(H,74,84)/b34-31+/t46-,47-,48-,49-,50-,51-,52+,53-,54-,55-,56-,57-,58+/m1/s1. The van der Waals surface area contributed by atoms with E-state index in [4.69, 9.17) is 4.43 Å². The summed E-state index contributed by atoms with van der Waals surface area (Å²) in [6, 6.07) is -13.2. The highest BCUT2D eigenvalue weighted by molar-refractivity contribution is 6.74. The molecule has 0 aliphatic carbocycles. The predicted octanol–water partition coefficient (Wildman–Crippen LogP) is 7.08. The summed E-state index contributed by atoms with van der Waals surface area (Å²) in [6.07, 6.45) is 4.15. The van der Waals surface area contributed by atoms with Crippen molar-refractivity contribution >= 4 is 73.3 Å². The van der Waals surface area contributed by atoms with Gasteiger partial charge in [0.25, 0.3) is 0 Å². The number of hydrogen-bond donors (Lipinski definition) is 4. The molecule has 0 unspecified atom stereocenters. The van der Waals surface area contributed by atoms with Crippen molar-refractivity contribution in [1.29, 1.82) is 0 Å². The normalized spacial score (nSPS) is 26.7. The Morgan fingerprint density at radius 1 is 0.436 bits per heavy atom. The maximum absolute atomic E-state index is 15.8. The Hall–Kier alpha value is -5.91. The molecule has 1 fully saturated rings. The molecule has 0 saturated carbocycles. The number of nitrogens with zero attached hydrogens (tertiary/aromatic N) is 7. The molecule has 1 heterocycles. The van der Waals surface area contributed by atoms with Gasteiger partial charge in [0.05, 0.1) is 6.10 Å². The van der Waals surface area contributed by atoms with Gasteiger partial charge in [0.2, 0.25) is 65.0 Å². The Bertz CT molecular complexity index is 2600. The van der Waals surface area contributed by atoms with Crippen molar-refractivity contribution in [2.24, 2.45) is 41.4 Å². The Morgan fingerprint density at radius 3 is 1.23 bits per heavy atom. The summed E-state index contributed by atoms with van der Waals surface area (Å²) < 4.78 is 7.29. The van der Waals surface area contributed by atoms with Crippen molar-refractivity contribution in [3.63, 3.8) is 0 Å². The molecule has 0 aromatic rings. The van der Waals surface area contributed by atoms with E-state index in [-0.39, 0.29) is 67.2 Å². The first-order chi connectivity index (χ1) is 43.1. The lowest BCUT2D eigenvalue weighted by Crippen LogP contribution is -2.65.